The zero-order chi connectivity index (χ0) is 12.6. The molecule has 0 bridgehead atoms. The maximum atomic E-state index is 13.5. The molecule has 5 nitrogen and oxygen atoms in total. The van der Waals surface area contributed by atoms with Gasteiger partial charge in [0, 0.05) is 19.2 Å². The molecule has 17 heavy (non-hydrogen) atoms. The lowest BCUT2D eigenvalue weighted by Crippen LogP contribution is -2.61. The monoisotopic (exact) mass is 244 g/mol. The van der Waals surface area contributed by atoms with Crippen molar-refractivity contribution in [3.8, 4) is 5.75 Å². The van der Waals surface area contributed by atoms with Gasteiger partial charge < -0.3 is 10.1 Å². The van der Waals surface area contributed by atoms with Gasteiger partial charge in [-0.3, -0.25) is 10.1 Å². The number of rotatable bonds is 3. The average molecular weight is 244 g/mol. The van der Waals surface area contributed by atoms with Gasteiger partial charge in [-0.25, -0.2) is 4.39 Å². The van der Waals surface area contributed by atoms with Gasteiger partial charge in [-0.15, -0.1) is 0 Å². The van der Waals surface area contributed by atoms with Crippen molar-refractivity contribution in [3.63, 3.8) is 0 Å². The predicted octanol–water partition coefficient (Wildman–Crippen LogP) is 1.61. The van der Waals surface area contributed by atoms with Gasteiger partial charge in [0.2, 0.25) is 5.82 Å². The predicted molar refractivity (Wildman–Crippen MR) is 54.9 cm³/mol. The Morgan fingerprint density at radius 1 is 1.41 bits per heavy atom. The van der Waals surface area contributed by atoms with Crippen LogP contribution in [0.4, 0.5) is 14.5 Å². The summed E-state index contributed by atoms with van der Waals surface area (Å²) in [6, 6.07) is 1.23. The molecule has 1 aliphatic rings. The van der Waals surface area contributed by atoms with E-state index >= 15 is 0 Å². The molecule has 0 amide bonds. The van der Waals surface area contributed by atoms with Crippen molar-refractivity contribution in [1.29, 1.82) is 0 Å². The van der Waals surface area contributed by atoms with Crippen molar-refractivity contribution in [2.24, 2.45) is 0 Å². The number of nitro groups is 1. The van der Waals surface area contributed by atoms with Crippen LogP contribution in [0.25, 0.3) is 0 Å². The van der Waals surface area contributed by atoms with Crippen molar-refractivity contribution in [2.75, 3.05) is 13.1 Å². The first-order valence-electron chi connectivity index (χ1n) is 4.94. The van der Waals surface area contributed by atoms with E-state index in [4.69, 9.17) is 4.74 Å². The number of halogens is 2. The standard InChI is InChI=1S/C10H10F2N2O3/c1-10(4-13-5-10)17-9-3-6(11)8(14(15)16)2-7(9)12/h2-3,13H,4-5H2,1H3. The highest BCUT2D eigenvalue weighted by molar-refractivity contribution is 5.39. The van der Waals surface area contributed by atoms with Gasteiger partial charge in [-0.1, -0.05) is 0 Å². The summed E-state index contributed by atoms with van der Waals surface area (Å²) in [5.41, 5.74) is -1.49. The fourth-order valence-electron chi connectivity index (χ4n) is 1.55. The fraction of sp³-hybridized carbons (Fsp3) is 0.400. The number of nitrogens with one attached hydrogen (secondary N) is 1. The van der Waals surface area contributed by atoms with E-state index < -0.39 is 27.8 Å². The zero-order valence-corrected chi connectivity index (χ0v) is 9.00. The van der Waals surface area contributed by atoms with Crippen LogP contribution in [0.3, 0.4) is 0 Å². The van der Waals surface area contributed by atoms with Crippen molar-refractivity contribution in [1.82, 2.24) is 5.32 Å². The van der Waals surface area contributed by atoms with Crippen molar-refractivity contribution < 1.29 is 18.4 Å². The van der Waals surface area contributed by atoms with Gasteiger partial charge in [-0.2, -0.15) is 4.39 Å². The van der Waals surface area contributed by atoms with Gasteiger partial charge in [-0.05, 0) is 6.92 Å². The molecule has 0 spiro atoms. The molecule has 0 atom stereocenters. The Balaban J connectivity index is 2.30. The first kappa shape index (κ1) is 11.7. The lowest BCUT2D eigenvalue weighted by molar-refractivity contribution is -0.387. The van der Waals surface area contributed by atoms with E-state index in [1.54, 1.807) is 6.92 Å². The van der Waals surface area contributed by atoms with E-state index in [0.29, 0.717) is 25.2 Å². The van der Waals surface area contributed by atoms with Crippen molar-refractivity contribution in [3.05, 3.63) is 33.9 Å². The van der Waals surface area contributed by atoms with E-state index in [1.165, 1.54) is 0 Å². The lowest BCUT2D eigenvalue weighted by atomic mass is 10.00. The summed E-state index contributed by atoms with van der Waals surface area (Å²) in [6.07, 6.45) is 0. The number of nitrogens with zero attached hydrogens (tertiary/aromatic N) is 1. The minimum atomic E-state index is -1.11. The highest BCUT2D eigenvalue weighted by Crippen LogP contribution is 2.29. The molecule has 1 aromatic carbocycles. The average Bonchev–Trinajstić information content (AvgIpc) is 2.20. The number of hydrogen-bond acceptors (Lipinski definition) is 4. The summed E-state index contributed by atoms with van der Waals surface area (Å²) >= 11 is 0. The lowest BCUT2D eigenvalue weighted by Gasteiger charge is -2.39. The normalized spacial score (nSPS) is 17.4. The van der Waals surface area contributed by atoms with Gasteiger partial charge >= 0.3 is 5.69 Å². The molecule has 1 saturated heterocycles. The van der Waals surface area contributed by atoms with E-state index in [0.717, 1.165) is 0 Å². The van der Waals surface area contributed by atoms with Crippen LogP contribution >= 0.6 is 0 Å². The molecule has 0 aliphatic carbocycles. The third-order valence-electron chi connectivity index (χ3n) is 2.55. The van der Waals surface area contributed by atoms with Gasteiger partial charge in [0.25, 0.3) is 0 Å². The second-order valence-corrected chi connectivity index (χ2v) is 4.15. The molecule has 1 aromatic rings. The van der Waals surface area contributed by atoms with Crippen LogP contribution in [0.5, 0.6) is 5.75 Å². The van der Waals surface area contributed by atoms with Crippen LogP contribution in [0, 0.1) is 21.7 Å². The van der Waals surface area contributed by atoms with E-state index in [-0.39, 0.29) is 5.75 Å². The quantitative estimate of drug-likeness (QED) is 0.648. The van der Waals surface area contributed by atoms with Crippen LogP contribution in [0.15, 0.2) is 12.1 Å². The summed E-state index contributed by atoms with van der Waals surface area (Å²) in [7, 11) is 0. The van der Waals surface area contributed by atoms with E-state index in [1.807, 2.05) is 0 Å². The summed E-state index contributed by atoms with van der Waals surface area (Å²) in [4.78, 5) is 9.41. The Kier molecular flexibility index (Phi) is 2.70. The van der Waals surface area contributed by atoms with Crippen molar-refractivity contribution in [2.45, 2.75) is 12.5 Å². The molecule has 1 aliphatic heterocycles. The number of nitro benzene ring substituents is 1. The summed E-state index contributed by atoms with van der Waals surface area (Å²) in [5.74, 6) is -2.36. The molecule has 2 rings (SSSR count). The van der Waals surface area contributed by atoms with Crippen LogP contribution in [-0.2, 0) is 0 Å². The highest BCUT2D eigenvalue weighted by atomic mass is 19.1. The second-order valence-electron chi connectivity index (χ2n) is 4.15. The minimum absolute atomic E-state index is 0.308. The zero-order valence-electron chi connectivity index (χ0n) is 9.00. The molecule has 0 aromatic heterocycles. The van der Waals surface area contributed by atoms with E-state index in [2.05, 4.69) is 5.32 Å². The second kappa shape index (κ2) is 3.92. The first-order chi connectivity index (χ1) is 7.91. The molecule has 0 unspecified atom stereocenters. The molecular weight excluding hydrogens is 234 g/mol. The molecule has 0 saturated carbocycles. The highest BCUT2D eigenvalue weighted by Gasteiger charge is 2.35. The molecule has 0 radical (unpaired) electrons. The molecular formula is C10H10F2N2O3. The molecule has 92 valence electrons. The summed E-state index contributed by atoms with van der Waals surface area (Å²) in [5, 5.41) is 13.3. The molecule has 1 fully saturated rings. The smallest absolute Gasteiger partial charge is 0.307 e. The first-order valence-corrected chi connectivity index (χ1v) is 4.94. The SMILES string of the molecule is CC1(Oc2cc(F)c([N+](=O)[O-])cc2F)CNC1. The van der Waals surface area contributed by atoms with Crippen LogP contribution in [0.1, 0.15) is 6.92 Å². The maximum absolute atomic E-state index is 13.5. The molecule has 7 heteroatoms. The summed E-state index contributed by atoms with van der Waals surface area (Å²) < 4.78 is 32.0. The topological polar surface area (TPSA) is 64.4 Å². The third kappa shape index (κ3) is 2.19. The van der Waals surface area contributed by atoms with Gasteiger partial charge in [0.1, 0.15) is 5.60 Å². The van der Waals surface area contributed by atoms with Crippen molar-refractivity contribution >= 4 is 5.69 Å². The maximum Gasteiger partial charge on any atom is 0.307 e. The molecule has 1 heterocycles. The Bertz CT molecular complexity index is 475. The van der Waals surface area contributed by atoms with Gasteiger partial charge in [0.15, 0.2) is 11.6 Å². The Labute approximate surface area is 95.5 Å². The van der Waals surface area contributed by atoms with Crippen LogP contribution < -0.4 is 10.1 Å². The molecule has 1 N–H and O–H groups in total. The number of ether oxygens (including phenoxy) is 1. The van der Waals surface area contributed by atoms with Gasteiger partial charge in [0.05, 0.1) is 11.0 Å². The van der Waals surface area contributed by atoms with Crippen LogP contribution in [-0.4, -0.2) is 23.6 Å². The number of benzene rings is 1. The minimum Gasteiger partial charge on any atom is -0.482 e. The van der Waals surface area contributed by atoms with E-state index in [9.17, 15) is 18.9 Å². The Morgan fingerprint density at radius 2 is 2.06 bits per heavy atom. The van der Waals surface area contributed by atoms with Crippen LogP contribution in [0.2, 0.25) is 0 Å². The largest absolute Gasteiger partial charge is 0.482 e. The number of hydrogen-bond donors (Lipinski definition) is 1. The summed E-state index contributed by atoms with van der Waals surface area (Å²) in [6.45, 7) is 2.78. The Morgan fingerprint density at radius 3 is 2.53 bits per heavy atom. The fourth-order valence-corrected chi connectivity index (χ4v) is 1.55. The third-order valence-corrected chi connectivity index (χ3v) is 2.55. The Hall–Kier alpha value is -1.76.